The fourth-order valence-electron chi connectivity index (χ4n) is 2.16. The van der Waals surface area contributed by atoms with Gasteiger partial charge in [-0.2, -0.15) is 4.31 Å². The molecule has 8 heteroatoms. The van der Waals surface area contributed by atoms with E-state index in [9.17, 15) is 22.0 Å². The van der Waals surface area contributed by atoms with Crippen molar-refractivity contribution in [2.75, 3.05) is 20.2 Å². The van der Waals surface area contributed by atoms with Crippen LogP contribution < -0.4 is 0 Å². The van der Waals surface area contributed by atoms with E-state index in [4.69, 9.17) is 0 Å². The van der Waals surface area contributed by atoms with Crippen LogP contribution in [-0.4, -0.2) is 38.9 Å². The minimum absolute atomic E-state index is 0.0237. The highest BCUT2D eigenvalue weighted by atomic mass is 32.2. The average Bonchev–Trinajstić information content (AvgIpc) is 2.87. The third kappa shape index (κ3) is 2.53. The van der Waals surface area contributed by atoms with E-state index in [0.29, 0.717) is 0 Å². The van der Waals surface area contributed by atoms with Crippen LogP contribution in [0.4, 0.5) is 8.78 Å². The van der Waals surface area contributed by atoms with E-state index in [2.05, 4.69) is 4.74 Å². The molecule has 1 aromatic rings. The summed E-state index contributed by atoms with van der Waals surface area (Å²) in [5.74, 6) is -3.43. The normalized spacial score (nSPS) is 20.1. The van der Waals surface area contributed by atoms with E-state index in [1.807, 2.05) is 0 Å². The summed E-state index contributed by atoms with van der Waals surface area (Å²) in [4.78, 5) is 10.4. The van der Waals surface area contributed by atoms with Gasteiger partial charge in [0.25, 0.3) is 0 Å². The molecule has 1 aliphatic rings. The smallest absolute Gasteiger partial charge is 0.310 e. The zero-order chi connectivity index (χ0) is 14.9. The van der Waals surface area contributed by atoms with Crippen LogP contribution in [0.1, 0.15) is 6.42 Å². The molecular weight excluding hydrogens is 292 g/mol. The van der Waals surface area contributed by atoms with Gasteiger partial charge in [0.15, 0.2) is 4.90 Å². The third-order valence-corrected chi connectivity index (χ3v) is 5.12. The zero-order valence-electron chi connectivity index (χ0n) is 10.7. The molecule has 0 spiro atoms. The summed E-state index contributed by atoms with van der Waals surface area (Å²) in [6.45, 7) is -0.112. The van der Waals surface area contributed by atoms with Gasteiger partial charge in [0.05, 0.1) is 13.0 Å². The summed E-state index contributed by atoms with van der Waals surface area (Å²) in [6.07, 6.45) is 0.266. The molecule has 1 heterocycles. The van der Waals surface area contributed by atoms with Crippen molar-refractivity contribution in [1.29, 1.82) is 0 Å². The lowest BCUT2D eigenvalue weighted by molar-refractivity contribution is -0.144. The molecule has 1 fully saturated rings. The highest BCUT2D eigenvalue weighted by Crippen LogP contribution is 2.28. The molecule has 1 saturated heterocycles. The molecule has 0 aliphatic carbocycles. The van der Waals surface area contributed by atoms with Crippen molar-refractivity contribution < 1.29 is 26.7 Å². The fraction of sp³-hybridized carbons (Fsp3) is 0.417. The van der Waals surface area contributed by atoms with Crippen LogP contribution in [0, 0.1) is 17.6 Å². The zero-order valence-corrected chi connectivity index (χ0v) is 11.5. The first-order valence-electron chi connectivity index (χ1n) is 5.90. The van der Waals surface area contributed by atoms with Gasteiger partial charge in [-0.1, -0.05) is 6.07 Å². The molecule has 1 aromatic carbocycles. The van der Waals surface area contributed by atoms with Gasteiger partial charge in [0.1, 0.15) is 11.6 Å². The average molecular weight is 305 g/mol. The van der Waals surface area contributed by atoms with Gasteiger partial charge in [-0.15, -0.1) is 0 Å². The Morgan fingerprint density at radius 1 is 1.35 bits per heavy atom. The molecule has 20 heavy (non-hydrogen) atoms. The first-order chi connectivity index (χ1) is 9.37. The fourth-order valence-corrected chi connectivity index (χ4v) is 3.77. The topological polar surface area (TPSA) is 63.7 Å². The Morgan fingerprint density at radius 2 is 1.95 bits per heavy atom. The number of nitrogens with zero attached hydrogens (tertiary/aromatic N) is 1. The number of methoxy groups -OCH3 is 1. The maximum Gasteiger partial charge on any atom is 0.310 e. The molecule has 5 nitrogen and oxygen atoms in total. The minimum atomic E-state index is -4.30. The molecule has 0 radical (unpaired) electrons. The lowest BCUT2D eigenvalue weighted by Gasteiger charge is -2.17. The Balaban J connectivity index is 2.31. The maximum absolute atomic E-state index is 13.6. The van der Waals surface area contributed by atoms with Crippen molar-refractivity contribution in [3.8, 4) is 0 Å². The number of esters is 1. The molecule has 0 amide bonds. The Labute approximate surface area is 115 Å². The van der Waals surface area contributed by atoms with Crippen molar-refractivity contribution in [2.45, 2.75) is 11.3 Å². The van der Waals surface area contributed by atoms with E-state index in [0.717, 1.165) is 22.5 Å². The first kappa shape index (κ1) is 14.9. The largest absolute Gasteiger partial charge is 0.469 e. The van der Waals surface area contributed by atoms with Gasteiger partial charge in [-0.25, -0.2) is 17.2 Å². The SMILES string of the molecule is COC(=O)C1CCN(S(=O)(=O)c2c(F)cccc2F)C1. The molecular formula is C12H13F2NO4S. The van der Waals surface area contributed by atoms with E-state index >= 15 is 0 Å². The molecule has 1 atom stereocenters. The summed E-state index contributed by atoms with van der Waals surface area (Å²) >= 11 is 0. The molecule has 0 aromatic heterocycles. The molecule has 1 aliphatic heterocycles. The predicted molar refractivity (Wildman–Crippen MR) is 65.2 cm³/mol. The monoisotopic (exact) mass is 305 g/mol. The summed E-state index contributed by atoms with van der Waals surface area (Å²) in [7, 11) is -3.09. The number of hydrogen-bond acceptors (Lipinski definition) is 4. The Bertz CT molecular complexity index is 612. The highest BCUT2D eigenvalue weighted by molar-refractivity contribution is 7.89. The third-order valence-electron chi connectivity index (χ3n) is 3.20. The maximum atomic E-state index is 13.6. The summed E-state index contributed by atoms with van der Waals surface area (Å²) in [6, 6.07) is 2.85. The molecule has 2 rings (SSSR count). The van der Waals surface area contributed by atoms with Gasteiger partial charge in [0.2, 0.25) is 10.0 Å². The number of hydrogen-bond donors (Lipinski definition) is 0. The van der Waals surface area contributed by atoms with Gasteiger partial charge < -0.3 is 4.74 Å². The minimum Gasteiger partial charge on any atom is -0.469 e. The quantitative estimate of drug-likeness (QED) is 0.786. The van der Waals surface area contributed by atoms with E-state index in [-0.39, 0.29) is 19.5 Å². The number of ether oxygens (including phenoxy) is 1. The van der Waals surface area contributed by atoms with E-state index < -0.39 is 38.4 Å². The van der Waals surface area contributed by atoms with Gasteiger partial charge >= 0.3 is 5.97 Å². The first-order valence-corrected chi connectivity index (χ1v) is 7.34. The van der Waals surface area contributed by atoms with E-state index in [1.165, 1.54) is 7.11 Å². The van der Waals surface area contributed by atoms with Crippen LogP contribution in [0.2, 0.25) is 0 Å². The van der Waals surface area contributed by atoms with Crippen molar-refractivity contribution in [3.63, 3.8) is 0 Å². The molecule has 1 unspecified atom stereocenters. The lowest BCUT2D eigenvalue weighted by Crippen LogP contribution is -2.31. The van der Waals surface area contributed by atoms with Crippen LogP contribution in [0.3, 0.4) is 0 Å². The number of sulfonamides is 1. The van der Waals surface area contributed by atoms with Gasteiger partial charge in [-0.05, 0) is 18.6 Å². The van der Waals surface area contributed by atoms with Crippen LogP contribution >= 0.6 is 0 Å². The lowest BCUT2D eigenvalue weighted by atomic mass is 10.1. The van der Waals surface area contributed by atoms with Crippen molar-refractivity contribution in [1.82, 2.24) is 4.31 Å². The second kappa shape index (κ2) is 5.45. The number of benzene rings is 1. The predicted octanol–water partition coefficient (Wildman–Crippen LogP) is 1.15. The van der Waals surface area contributed by atoms with Gasteiger partial charge in [0, 0.05) is 13.1 Å². The van der Waals surface area contributed by atoms with Gasteiger partial charge in [-0.3, -0.25) is 4.79 Å². The number of carbonyl (C=O) groups excluding carboxylic acids is 1. The Morgan fingerprint density at radius 3 is 2.50 bits per heavy atom. The van der Waals surface area contributed by atoms with Crippen molar-refractivity contribution in [2.24, 2.45) is 5.92 Å². The molecule has 0 saturated carbocycles. The van der Waals surface area contributed by atoms with Crippen molar-refractivity contribution in [3.05, 3.63) is 29.8 Å². The number of carbonyl (C=O) groups is 1. The Kier molecular flexibility index (Phi) is 4.05. The van der Waals surface area contributed by atoms with Crippen molar-refractivity contribution >= 4 is 16.0 Å². The number of halogens is 2. The summed E-state index contributed by atoms with van der Waals surface area (Å²) in [5.41, 5.74) is 0. The molecule has 0 bridgehead atoms. The Hall–Kier alpha value is -1.54. The van der Waals surface area contributed by atoms with Crippen LogP contribution in [0.5, 0.6) is 0 Å². The molecule has 110 valence electrons. The van der Waals surface area contributed by atoms with Crippen LogP contribution in [0.25, 0.3) is 0 Å². The number of rotatable bonds is 3. The second-order valence-electron chi connectivity index (χ2n) is 4.42. The summed E-state index contributed by atoms with van der Waals surface area (Å²) in [5, 5.41) is 0. The van der Waals surface area contributed by atoms with E-state index in [1.54, 1.807) is 0 Å². The highest BCUT2D eigenvalue weighted by Gasteiger charge is 2.38. The standard InChI is InChI=1S/C12H13F2NO4S/c1-19-12(16)8-5-6-15(7-8)20(17,18)11-9(13)3-2-4-10(11)14/h2-4,8H,5-7H2,1H3. The molecule has 0 N–H and O–H groups in total. The van der Waals surface area contributed by atoms with Crippen LogP contribution in [0.15, 0.2) is 23.1 Å². The second-order valence-corrected chi connectivity index (χ2v) is 6.30. The van der Waals surface area contributed by atoms with Crippen LogP contribution in [-0.2, 0) is 19.6 Å². The summed E-state index contributed by atoms with van der Waals surface area (Å²) < 4.78 is 57.1.